The molecular formula is C11H11NO2S. The van der Waals surface area contributed by atoms with Crippen LogP contribution in [0.4, 0.5) is 0 Å². The van der Waals surface area contributed by atoms with Crippen LogP contribution in [0.5, 0.6) is 0 Å². The highest BCUT2D eigenvalue weighted by molar-refractivity contribution is 7.79. The van der Waals surface area contributed by atoms with Gasteiger partial charge in [-0.05, 0) is 30.2 Å². The maximum Gasteiger partial charge on any atom is 0.153 e. The fourth-order valence-corrected chi connectivity index (χ4v) is 1.90. The van der Waals surface area contributed by atoms with E-state index in [0.29, 0.717) is 6.42 Å². The molecule has 3 nitrogen and oxygen atoms in total. The first-order chi connectivity index (χ1) is 7.25. The Kier molecular flexibility index (Phi) is 3.08. The quantitative estimate of drug-likeness (QED) is 0.806. The second-order valence-electron chi connectivity index (χ2n) is 3.31. The van der Waals surface area contributed by atoms with Gasteiger partial charge in [-0.2, -0.15) is 0 Å². The minimum Gasteiger partial charge on any atom is -0.306 e. The number of pyridine rings is 1. The maximum absolute atomic E-state index is 10.5. The second-order valence-corrected chi connectivity index (χ2v) is 4.36. The van der Waals surface area contributed by atoms with Crippen molar-refractivity contribution in [3.63, 3.8) is 0 Å². The van der Waals surface area contributed by atoms with Crippen molar-refractivity contribution in [3.8, 4) is 0 Å². The third kappa shape index (κ3) is 2.61. The Morgan fingerprint density at radius 2 is 2.20 bits per heavy atom. The third-order valence-electron chi connectivity index (χ3n) is 2.23. The Labute approximate surface area is 90.4 Å². The first kappa shape index (κ1) is 10.3. The Balaban J connectivity index is 2.26. The zero-order chi connectivity index (χ0) is 10.7. The average Bonchev–Trinajstić information content (AvgIpc) is 2.26. The highest BCUT2D eigenvalue weighted by atomic mass is 32.2. The molecule has 1 N–H and O–H groups in total. The van der Waals surface area contributed by atoms with Gasteiger partial charge in [-0.25, -0.2) is 4.21 Å². The summed E-state index contributed by atoms with van der Waals surface area (Å²) in [6.45, 7) is 0. The number of aromatic nitrogens is 1. The number of nitrogens with zero attached hydrogens (tertiary/aromatic N) is 1. The number of benzene rings is 1. The van der Waals surface area contributed by atoms with Gasteiger partial charge in [0.05, 0.1) is 11.3 Å². The lowest BCUT2D eigenvalue weighted by Crippen LogP contribution is -1.98. The summed E-state index contributed by atoms with van der Waals surface area (Å²) in [6.07, 6.45) is 2.37. The van der Waals surface area contributed by atoms with Gasteiger partial charge in [0.15, 0.2) is 11.1 Å². The van der Waals surface area contributed by atoms with Gasteiger partial charge in [-0.1, -0.05) is 12.1 Å². The largest absolute Gasteiger partial charge is 0.306 e. The lowest BCUT2D eigenvalue weighted by molar-refractivity contribution is 0.563. The van der Waals surface area contributed by atoms with Gasteiger partial charge in [0.1, 0.15) is 0 Å². The van der Waals surface area contributed by atoms with Crippen LogP contribution in [-0.4, -0.2) is 19.5 Å². The van der Waals surface area contributed by atoms with Gasteiger partial charge in [0.2, 0.25) is 0 Å². The van der Waals surface area contributed by atoms with Crippen LogP contribution in [-0.2, 0) is 17.5 Å². The number of fused-ring (bicyclic) bond motifs is 1. The molecule has 2 aromatic rings. The monoisotopic (exact) mass is 221 g/mol. The van der Waals surface area contributed by atoms with E-state index < -0.39 is 11.1 Å². The molecule has 1 unspecified atom stereocenters. The molecular weight excluding hydrogens is 210 g/mol. The van der Waals surface area contributed by atoms with Gasteiger partial charge in [0, 0.05) is 11.6 Å². The Bertz CT molecular complexity index is 499. The molecule has 1 aromatic carbocycles. The standard InChI is InChI=1S/C11H11NO2S/c13-15(14)7-5-9-3-4-11-10(8-9)2-1-6-12-11/h1-4,6,8H,5,7H2,(H,13,14). The third-order valence-corrected chi connectivity index (χ3v) is 2.79. The molecule has 0 saturated heterocycles. The van der Waals surface area contributed by atoms with E-state index >= 15 is 0 Å². The molecule has 4 heteroatoms. The molecule has 0 fully saturated rings. The van der Waals surface area contributed by atoms with Crippen LogP contribution in [0, 0.1) is 0 Å². The Morgan fingerprint density at radius 3 is 3.00 bits per heavy atom. The number of rotatable bonds is 3. The van der Waals surface area contributed by atoms with Crippen LogP contribution < -0.4 is 0 Å². The predicted molar refractivity (Wildman–Crippen MR) is 61.1 cm³/mol. The molecule has 0 bridgehead atoms. The lowest BCUT2D eigenvalue weighted by atomic mass is 10.1. The van der Waals surface area contributed by atoms with Crippen molar-refractivity contribution in [3.05, 3.63) is 42.1 Å². The summed E-state index contributed by atoms with van der Waals surface area (Å²) in [6, 6.07) is 9.76. The smallest absolute Gasteiger partial charge is 0.153 e. The van der Waals surface area contributed by atoms with Gasteiger partial charge >= 0.3 is 0 Å². The first-order valence-corrected chi connectivity index (χ1v) is 5.94. The molecule has 0 spiro atoms. The molecule has 0 radical (unpaired) electrons. The van der Waals surface area contributed by atoms with Gasteiger partial charge in [-0.3, -0.25) is 4.98 Å². The average molecular weight is 221 g/mol. The van der Waals surface area contributed by atoms with Crippen molar-refractivity contribution in [2.45, 2.75) is 6.42 Å². The topological polar surface area (TPSA) is 50.2 Å². The zero-order valence-electron chi connectivity index (χ0n) is 8.09. The molecule has 0 amide bonds. The number of aryl methyl sites for hydroxylation is 1. The van der Waals surface area contributed by atoms with Crippen molar-refractivity contribution in [2.75, 3.05) is 5.75 Å². The van der Waals surface area contributed by atoms with Crippen molar-refractivity contribution in [1.29, 1.82) is 0 Å². The van der Waals surface area contributed by atoms with E-state index in [1.54, 1.807) is 6.20 Å². The lowest BCUT2D eigenvalue weighted by Gasteiger charge is -2.01. The van der Waals surface area contributed by atoms with Crippen molar-refractivity contribution in [2.24, 2.45) is 0 Å². The summed E-state index contributed by atoms with van der Waals surface area (Å²) in [5.74, 6) is 0.284. The molecule has 0 aliphatic rings. The second kappa shape index (κ2) is 4.51. The van der Waals surface area contributed by atoms with E-state index in [9.17, 15) is 4.21 Å². The number of hydrogen-bond donors (Lipinski definition) is 1. The van der Waals surface area contributed by atoms with Gasteiger partial charge in [-0.15, -0.1) is 0 Å². The summed E-state index contributed by atoms with van der Waals surface area (Å²) >= 11 is -1.72. The van der Waals surface area contributed by atoms with Crippen LogP contribution >= 0.6 is 0 Å². The summed E-state index contributed by atoms with van der Waals surface area (Å²) < 4.78 is 19.2. The van der Waals surface area contributed by atoms with Crippen LogP contribution in [0.3, 0.4) is 0 Å². The normalized spacial score (nSPS) is 12.9. The van der Waals surface area contributed by atoms with E-state index in [-0.39, 0.29) is 5.75 Å². The molecule has 1 aromatic heterocycles. The predicted octanol–water partition coefficient (Wildman–Crippen LogP) is 2.00. The van der Waals surface area contributed by atoms with Crippen LogP contribution in [0.15, 0.2) is 36.5 Å². The van der Waals surface area contributed by atoms with Crippen molar-refractivity contribution >= 4 is 22.0 Å². The van der Waals surface area contributed by atoms with Crippen LogP contribution in [0.25, 0.3) is 10.9 Å². The van der Waals surface area contributed by atoms with Gasteiger partial charge < -0.3 is 4.55 Å². The molecule has 78 valence electrons. The van der Waals surface area contributed by atoms with E-state index in [1.165, 1.54) is 0 Å². The van der Waals surface area contributed by atoms with Crippen molar-refractivity contribution in [1.82, 2.24) is 4.98 Å². The molecule has 1 heterocycles. The fraction of sp³-hybridized carbons (Fsp3) is 0.182. The molecule has 0 aliphatic heterocycles. The highest BCUT2D eigenvalue weighted by Crippen LogP contribution is 2.13. The van der Waals surface area contributed by atoms with E-state index in [2.05, 4.69) is 4.98 Å². The minimum absolute atomic E-state index is 0.284. The number of hydrogen-bond acceptors (Lipinski definition) is 2. The zero-order valence-corrected chi connectivity index (χ0v) is 8.91. The minimum atomic E-state index is -1.72. The van der Waals surface area contributed by atoms with E-state index in [0.717, 1.165) is 16.5 Å². The van der Waals surface area contributed by atoms with E-state index in [1.807, 2.05) is 30.3 Å². The Morgan fingerprint density at radius 1 is 1.33 bits per heavy atom. The maximum atomic E-state index is 10.5. The van der Waals surface area contributed by atoms with Crippen LogP contribution in [0.1, 0.15) is 5.56 Å². The summed E-state index contributed by atoms with van der Waals surface area (Å²) in [4.78, 5) is 4.21. The van der Waals surface area contributed by atoms with Crippen molar-refractivity contribution < 1.29 is 8.76 Å². The summed E-state index contributed by atoms with van der Waals surface area (Å²) in [7, 11) is 0. The summed E-state index contributed by atoms with van der Waals surface area (Å²) in [5.41, 5.74) is 2.02. The first-order valence-electron chi connectivity index (χ1n) is 4.67. The van der Waals surface area contributed by atoms with Gasteiger partial charge in [0.25, 0.3) is 0 Å². The van der Waals surface area contributed by atoms with Crippen LogP contribution in [0.2, 0.25) is 0 Å². The molecule has 0 saturated carbocycles. The highest BCUT2D eigenvalue weighted by Gasteiger charge is 1.99. The molecule has 1 atom stereocenters. The summed E-state index contributed by atoms with van der Waals surface area (Å²) in [5, 5.41) is 1.07. The molecule has 15 heavy (non-hydrogen) atoms. The van der Waals surface area contributed by atoms with E-state index in [4.69, 9.17) is 4.55 Å². The SMILES string of the molecule is O=S(O)CCc1ccc2ncccc2c1. The Hall–Kier alpha value is -1.26. The molecule has 2 rings (SSSR count). The fourth-order valence-electron chi connectivity index (χ4n) is 1.49. The molecule has 0 aliphatic carbocycles.